The first-order chi connectivity index (χ1) is 6.72. The molecular weight excluding hydrogens is 215 g/mol. The number of fused-ring (bicyclic) bond motifs is 1. The molecule has 0 amide bonds. The van der Waals surface area contributed by atoms with Crippen LogP contribution in [0.5, 0.6) is 0 Å². The van der Waals surface area contributed by atoms with Crippen LogP contribution in [0.15, 0.2) is 24.3 Å². The Morgan fingerprint density at radius 1 is 1.33 bits per heavy atom. The van der Waals surface area contributed by atoms with Gasteiger partial charge in [0.15, 0.2) is 0 Å². The van der Waals surface area contributed by atoms with E-state index in [9.17, 15) is 4.39 Å². The van der Waals surface area contributed by atoms with Crippen LogP contribution in [-0.2, 0) is 6.54 Å². The number of aromatic nitrogens is 1. The maximum absolute atomic E-state index is 12.9. The summed E-state index contributed by atoms with van der Waals surface area (Å²) in [6, 6.07) is 6.81. The summed E-state index contributed by atoms with van der Waals surface area (Å²) in [6.07, 6.45) is 0. The first-order valence-electron chi connectivity index (χ1n) is 4.68. The second-order valence-corrected chi connectivity index (χ2v) is 3.43. The average Bonchev–Trinajstić information content (AvgIpc) is 2.43. The lowest BCUT2D eigenvalue weighted by Gasteiger charge is -2.05. The third kappa shape index (κ3) is 2.13. The van der Waals surface area contributed by atoms with E-state index in [0.29, 0.717) is 6.54 Å². The summed E-state index contributed by atoms with van der Waals surface area (Å²) in [6.45, 7) is 3.39. The molecule has 0 aliphatic heterocycles. The second-order valence-electron chi connectivity index (χ2n) is 3.43. The van der Waals surface area contributed by atoms with Gasteiger partial charge in [-0.1, -0.05) is 0 Å². The van der Waals surface area contributed by atoms with E-state index in [4.69, 9.17) is 5.73 Å². The van der Waals surface area contributed by atoms with E-state index in [1.54, 1.807) is 12.1 Å². The Kier molecular flexibility index (Phi) is 3.72. The Morgan fingerprint density at radius 3 is 2.73 bits per heavy atom. The zero-order valence-corrected chi connectivity index (χ0v) is 9.35. The van der Waals surface area contributed by atoms with E-state index < -0.39 is 0 Å². The Balaban J connectivity index is 0.00000112. The number of aryl methyl sites for hydroxylation is 1. The van der Waals surface area contributed by atoms with Crippen LogP contribution in [0.1, 0.15) is 5.69 Å². The van der Waals surface area contributed by atoms with Crippen LogP contribution in [0.2, 0.25) is 0 Å². The molecule has 2 aromatic rings. The van der Waals surface area contributed by atoms with Crippen LogP contribution in [0, 0.1) is 12.7 Å². The zero-order chi connectivity index (χ0) is 10.1. The molecule has 0 saturated carbocycles. The summed E-state index contributed by atoms with van der Waals surface area (Å²) >= 11 is 0. The molecule has 0 unspecified atom stereocenters. The molecule has 1 aromatic carbocycles. The molecule has 0 aliphatic rings. The fraction of sp³-hybridized carbons (Fsp3) is 0.273. The SMILES string of the molecule is Cc1cc2cc(F)ccc2n1CCN.Cl. The Hall–Kier alpha value is -1.06. The predicted octanol–water partition coefficient (Wildman–Crippen LogP) is 2.47. The molecule has 2 nitrogen and oxygen atoms in total. The van der Waals surface area contributed by atoms with Crippen molar-refractivity contribution in [2.24, 2.45) is 5.73 Å². The van der Waals surface area contributed by atoms with Gasteiger partial charge in [-0.3, -0.25) is 0 Å². The van der Waals surface area contributed by atoms with Crippen LogP contribution < -0.4 is 5.73 Å². The minimum atomic E-state index is -0.192. The highest BCUT2D eigenvalue weighted by Crippen LogP contribution is 2.20. The maximum atomic E-state index is 12.9. The van der Waals surface area contributed by atoms with Crippen LogP contribution in [-0.4, -0.2) is 11.1 Å². The molecule has 0 bridgehead atoms. The molecule has 15 heavy (non-hydrogen) atoms. The van der Waals surface area contributed by atoms with Crippen molar-refractivity contribution in [2.45, 2.75) is 13.5 Å². The molecule has 82 valence electrons. The molecule has 0 aliphatic carbocycles. The summed E-state index contributed by atoms with van der Waals surface area (Å²) in [5.41, 5.74) is 7.69. The van der Waals surface area contributed by atoms with Crippen molar-refractivity contribution in [3.8, 4) is 0 Å². The molecule has 0 atom stereocenters. The van der Waals surface area contributed by atoms with Gasteiger partial charge in [-0.25, -0.2) is 4.39 Å². The van der Waals surface area contributed by atoms with Crippen LogP contribution in [0.4, 0.5) is 4.39 Å². The quantitative estimate of drug-likeness (QED) is 0.841. The zero-order valence-electron chi connectivity index (χ0n) is 8.53. The molecule has 4 heteroatoms. The first-order valence-corrected chi connectivity index (χ1v) is 4.68. The largest absolute Gasteiger partial charge is 0.344 e. The summed E-state index contributed by atoms with van der Waals surface area (Å²) < 4.78 is 15.0. The highest BCUT2D eigenvalue weighted by Gasteiger charge is 2.04. The molecule has 1 heterocycles. The lowest BCUT2D eigenvalue weighted by Crippen LogP contribution is -2.10. The van der Waals surface area contributed by atoms with Gasteiger partial charge >= 0.3 is 0 Å². The van der Waals surface area contributed by atoms with Crippen molar-refractivity contribution in [3.63, 3.8) is 0 Å². The molecule has 0 fully saturated rings. The van der Waals surface area contributed by atoms with Crippen LogP contribution >= 0.6 is 12.4 Å². The molecule has 2 N–H and O–H groups in total. The third-order valence-electron chi connectivity index (χ3n) is 2.42. The van der Waals surface area contributed by atoms with E-state index in [1.807, 2.05) is 13.0 Å². The number of hydrogen-bond acceptors (Lipinski definition) is 1. The minimum absolute atomic E-state index is 0. The van der Waals surface area contributed by atoms with E-state index in [1.165, 1.54) is 6.07 Å². The number of halogens is 2. The first kappa shape index (κ1) is 12.0. The molecule has 1 aromatic heterocycles. The van der Waals surface area contributed by atoms with Gasteiger partial charge in [-0.05, 0) is 31.2 Å². The Bertz CT molecular complexity index is 465. The van der Waals surface area contributed by atoms with Crippen molar-refractivity contribution in [1.29, 1.82) is 0 Å². The van der Waals surface area contributed by atoms with Crippen LogP contribution in [0.25, 0.3) is 10.9 Å². The van der Waals surface area contributed by atoms with Gasteiger partial charge in [-0.2, -0.15) is 0 Å². The van der Waals surface area contributed by atoms with E-state index >= 15 is 0 Å². The number of hydrogen-bond donors (Lipinski definition) is 1. The lowest BCUT2D eigenvalue weighted by atomic mass is 10.2. The van der Waals surface area contributed by atoms with Crippen molar-refractivity contribution in [3.05, 3.63) is 35.8 Å². The molecule has 0 spiro atoms. The Morgan fingerprint density at radius 2 is 2.07 bits per heavy atom. The molecular formula is C11H14ClFN2. The minimum Gasteiger partial charge on any atom is -0.344 e. The number of nitrogens with zero attached hydrogens (tertiary/aromatic N) is 1. The lowest BCUT2D eigenvalue weighted by molar-refractivity contribution is 0.629. The van der Waals surface area contributed by atoms with Gasteiger partial charge < -0.3 is 10.3 Å². The molecule has 2 rings (SSSR count). The van der Waals surface area contributed by atoms with Crippen molar-refractivity contribution < 1.29 is 4.39 Å². The average molecular weight is 229 g/mol. The van der Waals surface area contributed by atoms with Crippen LogP contribution in [0.3, 0.4) is 0 Å². The number of nitrogens with two attached hydrogens (primary N) is 1. The van der Waals surface area contributed by atoms with Gasteiger partial charge in [0.25, 0.3) is 0 Å². The number of rotatable bonds is 2. The van der Waals surface area contributed by atoms with Crippen molar-refractivity contribution in [1.82, 2.24) is 4.57 Å². The normalized spacial score (nSPS) is 10.3. The molecule has 0 saturated heterocycles. The standard InChI is InChI=1S/C11H13FN2.ClH/c1-8-6-9-7-10(12)2-3-11(9)14(8)5-4-13;/h2-3,6-7H,4-5,13H2,1H3;1H. The number of benzene rings is 1. The smallest absolute Gasteiger partial charge is 0.123 e. The summed E-state index contributed by atoms with van der Waals surface area (Å²) in [4.78, 5) is 0. The van der Waals surface area contributed by atoms with E-state index in [0.717, 1.165) is 23.1 Å². The fourth-order valence-corrected chi connectivity index (χ4v) is 1.81. The van der Waals surface area contributed by atoms with Gasteiger partial charge in [0.1, 0.15) is 5.82 Å². The summed E-state index contributed by atoms with van der Waals surface area (Å²) in [5, 5.41) is 0.941. The van der Waals surface area contributed by atoms with Gasteiger partial charge in [0.2, 0.25) is 0 Å². The highest BCUT2D eigenvalue weighted by molar-refractivity contribution is 5.85. The maximum Gasteiger partial charge on any atom is 0.123 e. The van der Waals surface area contributed by atoms with Gasteiger partial charge in [0, 0.05) is 29.7 Å². The van der Waals surface area contributed by atoms with E-state index in [2.05, 4.69) is 4.57 Å². The van der Waals surface area contributed by atoms with Gasteiger partial charge in [0.05, 0.1) is 0 Å². The second kappa shape index (κ2) is 4.64. The third-order valence-corrected chi connectivity index (χ3v) is 2.42. The van der Waals surface area contributed by atoms with Gasteiger partial charge in [-0.15, -0.1) is 12.4 Å². The Labute approximate surface area is 94.3 Å². The van der Waals surface area contributed by atoms with Crippen molar-refractivity contribution >= 4 is 23.3 Å². The topological polar surface area (TPSA) is 30.9 Å². The monoisotopic (exact) mass is 228 g/mol. The summed E-state index contributed by atoms with van der Waals surface area (Å²) in [5.74, 6) is -0.192. The molecule has 0 radical (unpaired) electrons. The predicted molar refractivity (Wildman–Crippen MR) is 62.9 cm³/mol. The van der Waals surface area contributed by atoms with E-state index in [-0.39, 0.29) is 18.2 Å². The highest BCUT2D eigenvalue weighted by atomic mass is 35.5. The summed E-state index contributed by atoms with van der Waals surface area (Å²) in [7, 11) is 0. The fourth-order valence-electron chi connectivity index (χ4n) is 1.81. The van der Waals surface area contributed by atoms with Crippen molar-refractivity contribution in [2.75, 3.05) is 6.54 Å².